The molecule has 3 heterocycles. The highest BCUT2D eigenvalue weighted by atomic mass is 19.1. The van der Waals surface area contributed by atoms with Crippen molar-refractivity contribution >= 4 is 6.09 Å². The Morgan fingerprint density at radius 3 is 2.39 bits per heavy atom. The van der Waals surface area contributed by atoms with Crippen molar-refractivity contribution < 1.29 is 14.3 Å². The van der Waals surface area contributed by atoms with Gasteiger partial charge in [-0.3, -0.25) is 4.90 Å². The number of carbonyl (C=O) groups is 1. The molecule has 2 aromatic carbocycles. The number of hydrogen-bond donors (Lipinski definition) is 1. The number of carboxylic acid groups (broad SMARTS) is 1. The molecule has 1 atom stereocenters. The lowest BCUT2D eigenvalue weighted by Gasteiger charge is -2.52. The maximum Gasteiger partial charge on any atom is 0.408 e. The molecule has 1 N–H and O–H groups in total. The molecule has 3 fully saturated rings. The van der Waals surface area contributed by atoms with E-state index in [1.54, 1.807) is 11.0 Å². The fourth-order valence-corrected chi connectivity index (χ4v) is 4.91. The van der Waals surface area contributed by atoms with Gasteiger partial charge >= 0.3 is 6.09 Å². The second kappa shape index (κ2) is 7.21. The molecule has 0 spiro atoms. The number of piperidine rings is 3. The molecule has 2 bridgehead atoms. The van der Waals surface area contributed by atoms with Gasteiger partial charge in [-0.25, -0.2) is 9.18 Å². The van der Waals surface area contributed by atoms with Crippen LogP contribution < -0.4 is 0 Å². The third kappa shape index (κ3) is 3.28. The summed E-state index contributed by atoms with van der Waals surface area (Å²) in [5, 5.41) is 10.1. The van der Waals surface area contributed by atoms with Crippen LogP contribution in [0.2, 0.25) is 0 Å². The van der Waals surface area contributed by atoms with Gasteiger partial charge in [0.2, 0.25) is 0 Å². The van der Waals surface area contributed by atoms with Gasteiger partial charge in [-0.2, -0.15) is 0 Å². The predicted octanol–water partition coefficient (Wildman–Crippen LogP) is 4.80. The van der Waals surface area contributed by atoms with Crippen molar-refractivity contribution in [2.75, 3.05) is 19.6 Å². The van der Waals surface area contributed by atoms with Crippen LogP contribution in [0.25, 0.3) is 11.1 Å². The molecule has 0 aliphatic carbocycles. The Morgan fingerprint density at radius 2 is 1.82 bits per heavy atom. The summed E-state index contributed by atoms with van der Waals surface area (Å²) in [5.41, 5.74) is 1.35. The summed E-state index contributed by atoms with van der Waals surface area (Å²) in [6, 6.07) is 14.4. The van der Waals surface area contributed by atoms with E-state index in [0.717, 1.165) is 43.6 Å². The second-order valence-electron chi connectivity index (χ2n) is 8.48. The SMILES string of the molecule is CC(C)(c1ccc(F)c(-c2ccccc2)c1)N(C(=O)O)C1CN2CCC1CC2. The van der Waals surface area contributed by atoms with E-state index in [1.807, 2.05) is 50.2 Å². The molecule has 2 aromatic rings. The molecule has 5 rings (SSSR count). The highest BCUT2D eigenvalue weighted by molar-refractivity contribution is 5.69. The molecule has 148 valence electrons. The Labute approximate surface area is 165 Å². The van der Waals surface area contributed by atoms with E-state index in [0.29, 0.717) is 11.5 Å². The molecular formula is C23H27FN2O2. The highest BCUT2D eigenvalue weighted by Crippen LogP contribution is 2.39. The fourth-order valence-electron chi connectivity index (χ4n) is 4.91. The van der Waals surface area contributed by atoms with Crippen LogP contribution in [0.4, 0.5) is 9.18 Å². The number of hydrogen-bond acceptors (Lipinski definition) is 2. The first kappa shape index (κ1) is 18.9. The Morgan fingerprint density at radius 1 is 1.14 bits per heavy atom. The zero-order valence-corrected chi connectivity index (χ0v) is 16.4. The van der Waals surface area contributed by atoms with E-state index in [4.69, 9.17) is 0 Å². The minimum atomic E-state index is -0.908. The van der Waals surface area contributed by atoms with Gasteiger partial charge in [0.15, 0.2) is 0 Å². The predicted molar refractivity (Wildman–Crippen MR) is 108 cm³/mol. The van der Waals surface area contributed by atoms with Crippen LogP contribution in [0, 0.1) is 11.7 Å². The lowest BCUT2D eigenvalue weighted by Crippen LogP contribution is -2.62. The van der Waals surface area contributed by atoms with Crippen LogP contribution in [-0.4, -0.2) is 46.7 Å². The quantitative estimate of drug-likeness (QED) is 0.826. The third-order valence-electron chi connectivity index (χ3n) is 6.52. The van der Waals surface area contributed by atoms with Gasteiger partial charge < -0.3 is 10.0 Å². The standard InChI is InChI=1S/C23H27FN2O2/c1-23(2,26(22(27)28)21-15-25-12-10-17(21)11-13-25)18-8-9-20(24)19(14-18)16-6-4-3-5-7-16/h3-9,14,17,21H,10-13,15H2,1-2H3,(H,27,28). The molecule has 1 amide bonds. The van der Waals surface area contributed by atoms with Gasteiger partial charge in [-0.15, -0.1) is 0 Å². The van der Waals surface area contributed by atoms with Crippen molar-refractivity contribution in [1.82, 2.24) is 9.80 Å². The number of nitrogens with zero attached hydrogens (tertiary/aromatic N) is 2. The van der Waals surface area contributed by atoms with Crippen LogP contribution in [-0.2, 0) is 5.54 Å². The molecule has 0 radical (unpaired) electrons. The largest absolute Gasteiger partial charge is 0.465 e. The Bertz CT molecular complexity index is 860. The van der Waals surface area contributed by atoms with E-state index in [2.05, 4.69) is 4.90 Å². The van der Waals surface area contributed by atoms with Crippen molar-refractivity contribution in [3.05, 3.63) is 59.9 Å². The minimum absolute atomic E-state index is 0.0276. The number of fused-ring (bicyclic) bond motifs is 3. The second-order valence-corrected chi connectivity index (χ2v) is 8.48. The molecule has 0 saturated carbocycles. The van der Waals surface area contributed by atoms with Crippen molar-refractivity contribution in [1.29, 1.82) is 0 Å². The van der Waals surface area contributed by atoms with Gasteiger partial charge in [0, 0.05) is 12.1 Å². The minimum Gasteiger partial charge on any atom is -0.465 e. The van der Waals surface area contributed by atoms with E-state index in [9.17, 15) is 14.3 Å². The van der Waals surface area contributed by atoms with Crippen LogP contribution >= 0.6 is 0 Å². The number of amides is 1. The summed E-state index contributed by atoms with van der Waals surface area (Å²) in [4.78, 5) is 16.3. The summed E-state index contributed by atoms with van der Waals surface area (Å²) < 4.78 is 14.5. The number of halogens is 1. The van der Waals surface area contributed by atoms with Gasteiger partial charge in [0.25, 0.3) is 0 Å². The van der Waals surface area contributed by atoms with Crippen LogP contribution in [0.15, 0.2) is 48.5 Å². The van der Waals surface area contributed by atoms with Crippen molar-refractivity contribution in [2.45, 2.75) is 38.3 Å². The molecule has 3 aliphatic heterocycles. The fraction of sp³-hybridized carbons (Fsp3) is 0.435. The summed E-state index contributed by atoms with van der Waals surface area (Å²) in [6.07, 6.45) is 1.18. The topological polar surface area (TPSA) is 43.8 Å². The number of rotatable bonds is 4. The average molecular weight is 382 g/mol. The molecule has 1 unspecified atom stereocenters. The van der Waals surface area contributed by atoms with Gasteiger partial charge in [0.1, 0.15) is 5.82 Å². The van der Waals surface area contributed by atoms with E-state index in [-0.39, 0.29) is 11.9 Å². The summed E-state index contributed by atoms with van der Waals surface area (Å²) >= 11 is 0. The smallest absolute Gasteiger partial charge is 0.408 e. The van der Waals surface area contributed by atoms with E-state index < -0.39 is 11.6 Å². The summed E-state index contributed by atoms with van der Waals surface area (Å²) in [5.74, 6) is 0.102. The first-order valence-corrected chi connectivity index (χ1v) is 9.98. The monoisotopic (exact) mass is 382 g/mol. The Balaban J connectivity index is 1.73. The lowest BCUT2D eigenvalue weighted by molar-refractivity contribution is -0.0289. The Hall–Kier alpha value is -2.40. The molecule has 4 nitrogen and oxygen atoms in total. The molecular weight excluding hydrogens is 355 g/mol. The van der Waals surface area contributed by atoms with Crippen LogP contribution in [0.5, 0.6) is 0 Å². The molecule has 3 saturated heterocycles. The van der Waals surface area contributed by atoms with Crippen LogP contribution in [0.1, 0.15) is 32.3 Å². The maximum absolute atomic E-state index is 14.5. The van der Waals surface area contributed by atoms with E-state index >= 15 is 0 Å². The average Bonchev–Trinajstić information content (AvgIpc) is 2.69. The molecule has 0 aromatic heterocycles. The Kier molecular flexibility index (Phi) is 4.88. The van der Waals surface area contributed by atoms with Crippen LogP contribution in [0.3, 0.4) is 0 Å². The first-order chi connectivity index (χ1) is 13.4. The van der Waals surface area contributed by atoms with Crippen molar-refractivity contribution in [2.24, 2.45) is 5.92 Å². The normalized spacial score (nSPS) is 24.2. The summed E-state index contributed by atoms with van der Waals surface area (Å²) in [7, 11) is 0. The van der Waals surface area contributed by atoms with Crippen molar-refractivity contribution in [3.63, 3.8) is 0 Å². The van der Waals surface area contributed by atoms with E-state index in [1.165, 1.54) is 6.07 Å². The number of benzene rings is 2. The van der Waals surface area contributed by atoms with Crippen molar-refractivity contribution in [3.8, 4) is 11.1 Å². The molecule has 5 heteroatoms. The molecule has 28 heavy (non-hydrogen) atoms. The summed E-state index contributed by atoms with van der Waals surface area (Å²) in [6.45, 7) is 6.77. The van der Waals surface area contributed by atoms with Gasteiger partial charge in [0.05, 0.1) is 11.6 Å². The highest BCUT2D eigenvalue weighted by Gasteiger charge is 2.45. The maximum atomic E-state index is 14.5. The van der Waals surface area contributed by atoms with Gasteiger partial charge in [-0.1, -0.05) is 36.4 Å². The zero-order valence-electron chi connectivity index (χ0n) is 16.4. The lowest BCUT2D eigenvalue weighted by atomic mass is 9.80. The zero-order chi connectivity index (χ0) is 19.9. The first-order valence-electron chi connectivity index (χ1n) is 9.98. The molecule has 3 aliphatic rings. The third-order valence-corrected chi connectivity index (χ3v) is 6.52. The van der Waals surface area contributed by atoms with Gasteiger partial charge in [-0.05, 0) is 69.0 Å².